The zero-order chi connectivity index (χ0) is 17.5. The molecule has 0 spiro atoms. The molecular formula is C16H27N3O3S. The Morgan fingerprint density at radius 1 is 1.30 bits per heavy atom. The number of benzene rings is 1. The normalized spacial score (nSPS) is 13.1. The Labute approximate surface area is 139 Å². The quantitative estimate of drug-likeness (QED) is 0.704. The molecule has 23 heavy (non-hydrogen) atoms. The van der Waals surface area contributed by atoms with Crippen molar-refractivity contribution >= 4 is 15.9 Å². The molecule has 1 unspecified atom stereocenters. The van der Waals surface area contributed by atoms with E-state index in [1.165, 1.54) is 12.1 Å². The highest BCUT2D eigenvalue weighted by Crippen LogP contribution is 2.09. The van der Waals surface area contributed by atoms with Gasteiger partial charge < -0.3 is 5.32 Å². The summed E-state index contributed by atoms with van der Waals surface area (Å²) in [5.41, 5.74) is 0.949. The van der Waals surface area contributed by atoms with Crippen molar-refractivity contribution < 1.29 is 13.2 Å². The van der Waals surface area contributed by atoms with Gasteiger partial charge in [0.2, 0.25) is 15.9 Å². The number of nitrogens with two attached hydrogens (primary N) is 1. The van der Waals surface area contributed by atoms with Crippen LogP contribution in [0.15, 0.2) is 29.2 Å². The highest BCUT2D eigenvalue weighted by Gasteiger charge is 2.16. The van der Waals surface area contributed by atoms with Crippen LogP contribution in [-0.2, 0) is 21.2 Å². The number of hydrogen-bond acceptors (Lipinski definition) is 4. The van der Waals surface area contributed by atoms with Crippen molar-refractivity contribution in [2.24, 2.45) is 5.14 Å². The molecule has 1 aromatic rings. The number of amides is 1. The van der Waals surface area contributed by atoms with Crippen LogP contribution in [0.2, 0.25) is 0 Å². The first-order valence-corrected chi connectivity index (χ1v) is 9.40. The zero-order valence-corrected chi connectivity index (χ0v) is 14.9. The molecule has 0 aromatic heterocycles. The number of hydrogen-bond donors (Lipinski definition) is 2. The minimum atomic E-state index is -3.66. The summed E-state index contributed by atoms with van der Waals surface area (Å²) in [5.74, 6) is 0.00441. The number of carbonyl (C=O) groups excluding carboxylic acids is 1. The fourth-order valence-corrected chi connectivity index (χ4v) is 2.64. The summed E-state index contributed by atoms with van der Waals surface area (Å²) in [4.78, 5) is 14.2. The molecule has 130 valence electrons. The molecule has 0 fully saturated rings. The molecule has 0 aliphatic heterocycles. The summed E-state index contributed by atoms with van der Waals surface area (Å²) < 4.78 is 22.4. The fraction of sp³-hybridized carbons (Fsp3) is 0.562. The molecule has 0 saturated carbocycles. The van der Waals surface area contributed by atoms with Gasteiger partial charge in [0.25, 0.3) is 0 Å². The number of nitrogens with one attached hydrogen (secondary N) is 1. The van der Waals surface area contributed by atoms with Crippen molar-refractivity contribution in [2.45, 2.75) is 44.0 Å². The maximum Gasteiger partial charge on any atom is 0.238 e. The van der Waals surface area contributed by atoms with Crippen molar-refractivity contribution in [3.63, 3.8) is 0 Å². The van der Waals surface area contributed by atoms with Crippen molar-refractivity contribution in [2.75, 3.05) is 20.1 Å². The van der Waals surface area contributed by atoms with E-state index in [1.807, 2.05) is 18.9 Å². The maximum atomic E-state index is 12.1. The van der Waals surface area contributed by atoms with Crippen LogP contribution in [0.3, 0.4) is 0 Å². The van der Waals surface area contributed by atoms with E-state index in [2.05, 4.69) is 12.2 Å². The molecule has 1 amide bonds. The lowest BCUT2D eigenvalue weighted by Gasteiger charge is -2.23. The number of primary sulfonamides is 1. The van der Waals surface area contributed by atoms with E-state index in [0.717, 1.165) is 24.9 Å². The second kappa shape index (κ2) is 9.00. The van der Waals surface area contributed by atoms with Gasteiger partial charge in [-0.15, -0.1) is 0 Å². The molecular weight excluding hydrogens is 314 g/mol. The van der Waals surface area contributed by atoms with Gasteiger partial charge in [-0.05, 0) is 51.1 Å². The van der Waals surface area contributed by atoms with Crippen molar-refractivity contribution in [1.82, 2.24) is 10.2 Å². The third kappa shape index (κ3) is 6.68. The van der Waals surface area contributed by atoms with E-state index in [1.54, 1.807) is 12.1 Å². The van der Waals surface area contributed by atoms with Gasteiger partial charge in [-0.25, -0.2) is 13.6 Å². The molecule has 0 bridgehead atoms. The molecule has 0 radical (unpaired) electrons. The Hall–Kier alpha value is -1.44. The fourth-order valence-electron chi connectivity index (χ4n) is 2.12. The van der Waals surface area contributed by atoms with Crippen LogP contribution in [0, 0.1) is 0 Å². The Bertz CT molecular complexity index is 600. The lowest BCUT2D eigenvalue weighted by Crippen LogP contribution is -2.44. The molecule has 1 aromatic carbocycles. The van der Waals surface area contributed by atoms with Crippen LogP contribution in [0.25, 0.3) is 0 Å². The molecule has 0 aliphatic rings. The molecule has 3 N–H and O–H groups in total. The van der Waals surface area contributed by atoms with Crippen LogP contribution < -0.4 is 10.5 Å². The maximum absolute atomic E-state index is 12.1. The van der Waals surface area contributed by atoms with E-state index in [9.17, 15) is 13.2 Å². The minimum Gasteiger partial charge on any atom is -0.354 e. The minimum absolute atomic E-state index is 0.00441. The highest BCUT2D eigenvalue weighted by atomic mass is 32.2. The second-order valence-electron chi connectivity index (χ2n) is 5.74. The molecule has 1 atom stereocenters. The molecule has 1 rings (SSSR count). The standard InChI is InChI=1S/C16H27N3O3S/c1-4-5-12-19(3)13(2)16(20)18-11-10-14-6-8-15(9-7-14)23(17,21)22/h6-9,13H,4-5,10-12H2,1-3H3,(H,18,20)(H2,17,21,22). The van der Waals surface area contributed by atoms with E-state index < -0.39 is 10.0 Å². The zero-order valence-electron chi connectivity index (χ0n) is 14.1. The first-order valence-electron chi connectivity index (χ1n) is 7.85. The number of unbranched alkanes of at least 4 members (excludes halogenated alkanes) is 1. The predicted octanol–water partition coefficient (Wildman–Crippen LogP) is 1.11. The second-order valence-corrected chi connectivity index (χ2v) is 7.30. The SMILES string of the molecule is CCCCN(C)C(C)C(=O)NCCc1ccc(S(N)(=O)=O)cc1. The van der Waals surface area contributed by atoms with Crippen LogP contribution >= 0.6 is 0 Å². The number of rotatable bonds is 9. The predicted molar refractivity (Wildman–Crippen MR) is 91.5 cm³/mol. The molecule has 0 heterocycles. The van der Waals surface area contributed by atoms with Gasteiger partial charge in [0, 0.05) is 6.54 Å². The summed E-state index contributed by atoms with van der Waals surface area (Å²) in [5, 5.41) is 7.96. The molecule has 6 nitrogen and oxygen atoms in total. The Morgan fingerprint density at radius 2 is 1.91 bits per heavy atom. The molecule has 0 saturated heterocycles. The van der Waals surface area contributed by atoms with Crippen LogP contribution in [0.1, 0.15) is 32.3 Å². The number of likely N-dealkylation sites (N-methyl/N-ethyl adjacent to an activating group) is 1. The summed E-state index contributed by atoms with van der Waals surface area (Å²) in [7, 11) is -1.71. The Morgan fingerprint density at radius 3 is 2.43 bits per heavy atom. The highest BCUT2D eigenvalue weighted by molar-refractivity contribution is 7.89. The first kappa shape index (κ1) is 19.6. The van der Waals surface area contributed by atoms with Gasteiger partial charge in [-0.3, -0.25) is 9.69 Å². The summed E-state index contributed by atoms with van der Waals surface area (Å²) in [6.07, 6.45) is 2.82. The smallest absolute Gasteiger partial charge is 0.238 e. The van der Waals surface area contributed by atoms with Gasteiger partial charge in [-0.2, -0.15) is 0 Å². The molecule has 0 aliphatic carbocycles. The van der Waals surface area contributed by atoms with Crippen LogP contribution in [0.5, 0.6) is 0 Å². The largest absolute Gasteiger partial charge is 0.354 e. The van der Waals surface area contributed by atoms with Gasteiger partial charge in [-0.1, -0.05) is 25.5 Å². The topological polar surface area (TPSA) is 92.5 Å². The lowest BCUT2D eigenvalue weighted by atomic mass is 10.1. The average Bonchev–Trinajstić information content (AvgIpc) is 2.51. The average molecular weight is 341 g/mol. The van der Waals surface area contributed by atoms with E-state index in [0.29, 0.717) is 13.0 Å². The lowest BCUT2D eigenvalue weighted by molar-refractivity contribution is -0.125. The van der Waals surface area contributed by atoms with E-state index in [4.69, 9.17) is 5.14 Å². The van der Waals surface area contributed by atoms with E-state index >= 15 is 0 Å². The van der Waals surface area contributed by atoms with Crippen molar-refractivity contribution in [3.8, 4) is 0 Å². The summed E-state index contributed by atoms with van der Waals surface area (Å²) in [6.45, 7) is 5.44. The summed E-state index contributed by atoms with van der Waals surface area (Å²) >= 11 is 0. The van der Waals surface area contributed by atoms with Gasteiger partial charge in [0.1, 0.15) is 0 Å². The monoisotopic (exact) mass is 341 g/mol. The number of carbonyl (C=O) groups is 1. The first-order chi connectivity index (χ1) is 10.8. The van der Waals surface area contributed by atoms with Gasteiger partial charge in [0.15, 0.2) is 0 Å². The van der Waals surface area contributed by atoms with E-state index in [-0.39, 0.29) is 16.8 Å². The van der Waals surface area contributed by atoms with Crippen molar-refractivity contribution in [1.29, 1.82) is 0 Å². The Balaban J connectivity index is 2.43. The van der Waals surface area contributed by atoms with Crippen molar-refractivity contribution in [3.05, 3.63) is 29.8 Å². The number of sulfonamides is 1. The third-order valence-corrected chi connectivity index (χ3v) is 4.80. The van der Waals surface area contributed by atoms with Gasteiger partial charge >= 0.3 is 0 Å². The summed E-state index contributed by atoms with van der Waals surface area (Å²) in [6, 6.07) is 6.22. The number of nitrogens with zero attached hydrogens (tertiary/aromatic N) is 1. The van der Waals surface area contributed by atoms with Crippen LogP contribution in [0.4, 0.5) is 0 Å². The van der Waals surface area contributed by atoms with Gasteiger partial charge in [0.05, 0.1) is 10.9 Å². The third-order valence-electron chi connectivity index (χ3n) is 3.87. The Kier molecular flexibility index (Phi) is 7.67. The van der Waals surface area contributed by atoms with Crippen LogP contribution in [-0.4, -0.2) is 45.4 Å². The molecule has 7 heteroatoms.